The number of nitrogens with zero attached hydrogens (tertiary/aromatic N) is 4. The van der Waals surface area contributed by atoms with Crippen molar-refractivity contribution >= 4 is 39.0 Å². The van der Waals surface area contributed by atoms with E-state index in [4.69, 9.17) is 12.2 Å². The highest BCUT2D eigenvalue weighted by Gasteiger charge is 2.15. The van der Waals surface area contributed by atoms with Crippen LogP contribution in [0.1, 0.15) is 12.5 Å². The summed E-state index contributed by atoms with van der Waals surface area (Å²) in [5.74, 6) is 0.0153. The van der Waals surface area contributed by atoms with Crippen LogP contribution < -0.4 is 15.4 Å². The first-order valence-electron chi connectivity index (χ1n) is 8.42. The number of nitrogens with one attached hydrogen (secondary N) is 3. The van der Waals surface area contributed by atoms with Crippen molar-refractivity contribution in [3.05, 3.63) is 60.7 Å². The lowest BCUT2D eigenvalue weighted by Crippen LogP contribution is -2.27. The molecule has 0 radical (unpaired) electrons. The molecule has 2 heterocycles. The van der Waals surface area contributed by atoms with Crippen LogP contribution in [0.2, 0.25) is 0 Å². The summed E-state index contributed by atoms with van der Waals surface area (Å²) in [4.78, 5) is 7.80. The molecule has 0 amide bonds. The van der Waals surface area contributed by atoms with Gasteiger partial charge in [0, 0.05) is 42.9 Å². The van der Waals surface area contributed by atoms with Crippen molar-refractivity contribution in [1.82, 2.24) is 25.1 Å². The molecular weight excluding hydrogens is 398 g/mol. The minimum atomic E-state index is -3.77. The number of rotatable bonds is 7. The van der Waals surface area contributed by atoms with Crippen LogP contribution in [0.15, 0.2) is 60.0 Å². The van der Waals surface area contributed by atoms with Gasteiger partial charge < -0.3 is 10.6 Å². The van der Waals surface area contributed by atoms with E-state index in [1.54, 1.807) is 24.4 Å². The molecule has 0 fully saturated rings. The SMILES string of the molecule is CCn1cc(CNC(=S)Nc2ccc(S(=O)(=O)Nc3ncccn3)cc2)cn1. The normalized spacial score (nSPS) is 11.0. The van der Waals surface area contributed by atoms with Gasteiger partial charge in [-0.25, -0.2) is 23.1 Å². The van der Waals surface area contributed by atoms with E-state index in [-0.39, 0.29) is 10.8 Å². The molecule has 0 unspecified atom stereocenters. The zero-order chi connectivity index (χ0) is 20.0. The van der Waals surface area contributed by atoms with Gasteiger partial charge in [-0.2, -0.15) is 5.10 Å². The minimum Gasteiger partial charge on any atom is -0.358 e. The van der Waals surface area contributed by atoms with Crippen LogP contribution in [0.4, 0.5) is 11.6 Å². The topological polar surface area (TPSA) is 114 Å². The van der Waals surface area contributed by atoms with Gasteiger partial charge in [0.2, 0.25) is 5.95 Å². The Kier molecular flexibility index (Phi) is 6.16. The molecule has 146 valence electrons. The van der Waals surface area contributed by atoms with Crippen molar-refractivity contribution < 1.29 is 8.42 Å². The average molecular weight is 418 g/mol. The van der Waals surface area contributed by atoms with Gasteiger partial charge >= 0.3 is 0 Å². The van der Waals surface area contributed by atoms with Crippen LogP contribution in [-0.4, -0.2) is 33.3 Å². The second-order valence-electron chi connectivity index (χ2n) is 5.71. The number of benzene rings is 1. The zero-order valence-corrected chi connectivity index (χ0v) is 16.7. The van der Waals surface area contributed by atoms with Gasteiger partial charge in [0.1, 0.15) is 0 Å². The summed E-state index contributed by atoms with van der Waals surface area (Å²) in [6, 6.07) is 7.81. The molecule has 3 N–H and O–H groups in total. The second kappa shape index (κ2) is 8.76. The molecule has 0 aliphatic heterocycles. The van der Waals surface area contributed by atoms with Crippen molar-refractivity contribution in [3.8, 4) is 0 Å². The molecule has 0 bridgehead atoms. The predicted octanol–water partition coefficient (Wildman–Crippen LogP) is 1.98. The number of hydrogen-bond donors (Lipinski definition) is 3. The number of aryl methyl sites for hydroxylation is 1. The Hall–Kier alpha value is -3.05. The Morgan fingerprint density at radius 1 is 1.18 bits per heavy atom. The van der Waals surface area contributed by atoms with Crippen LogP contribution >= 0.6 is 12.2 Å². The Morgan fingerprint density at radius 3 is 2.54 bits per heavy atom. The van der Waals surface area contributed by atoms with E-state index in [1.807, 2.05) is 17.8 Å². The Bertz CT molecular complexity index is 1030. The molecule has 0 aliphatic carbocycles. The third kappa shape index (κ3) is 5.24. The fraction of sp³-hybridized carbons (Fsp3) is 0.176. The molecule has 0 saturated heterocycles. The molecule has 3 rings (SSSR count). The lowest BCUT2D eigenvalue weighted by Gasteiger charge is -2.11. The molecule has 0 saturated carbocycles. The predicted molar refractivity (Wildman–Crippen MR) is 110 cm³/mol. The summed E-state index contributed by atoms with van der Waals surface area (Å²) in [5, 5.41) is 10.7. The number of thiocarbonyl (C=S) groups is 1. The number of sulfonamides is 1. The number of anilines is 2. The standard InChI is InChI=1S/C17H19N7O2S2/c1-2-24-12-13(11-21-24)10-20-17(27)22-14-4-6-15(7-5-14)28(25,26)23-16-18-8-3-9-19-16/h3-9,11-12H,2,10H2,1H3,(H,18,19,23)(H2,20,22,27). The van der Waals surface area contributed by atoms with Gasteiger partial charge in [-0.05, 0) is 49.5 Å². The van der Waals surface area contributed by atoms with Crippen LogP contribution in [0.3, 0.4) is 0 Å². The largest absolute Gasteiger partial charge is 0.358 e. The van der Waals surface area contributed by atoms with E-state index in [1.165, 1.54) is 24.5 Å². The van der Waals surface area contributed by atoms with Crippen molar-refractivity contribution in [3.63, 3.8) is 0 Å². The average Bonchev–Trinajstić information content (AvgIpc) is 3.15. The van der Waals surface area contributed by atoms with Crippen LogP contribution in [0.5, 0.6) is 0 Å². The van der Waals surface area contributed by atoms with E-state index in [0.717, 1.165) is 12.1 Å². The quantitative estimate of drug-likeness (QED) is 0.500. The van der Waals surface area contributed by atoms with E-state index in [9.17, 15) is 8.42 Å². The summed E-state index contributed by atoms with van der Waals surface area (Å²) in [5.41, 5.74) is 1.68. The van der Waals surface area contributed by atoms with Crippen molar-refractivity contribution in [2.24, 2.45) is 0 Å². The van der Waals surface area contributed by atoms with E-state index < -0.39 is 10.0 Å². The fourth-order valence-corrected chi connectivity index (χ4v) is 3.42. The summed E-state index contributed by atoms with van der Waals surface area (Å²) in [6.45, 7) is 3.37. The van der Waals surface area contributed by atoms with Crippen LogP contribution in [0, 0.1) is 0 Å². The summed E-state index contributed by atoms with van der Waals surface area (Å²) >= 11 is 5.27. The van der Waals surface area contributed by atoms with E-state index in [2.05, 4.69) is 30.4 Å². The first-order valence-corrected chi connectivity index (χ1v) is 10.3. The maximum absolute atomic E-state index is 12.4. The van der Waals surface area contributed by atoms with Gasteiger partial charge in [-0.15, -0.1) is 0 Å². The third-order valence-electron chi connectivity index (χ3n) is 3.68. The molecule has 0 aliphatic rings. The van der Waals surface area contributed by atoms with Crippen LogP contribution in [-0.2, 0) is 23.1 Å². The minimum absolute atomic E-state index is 0.0153. The molecule has 1 aromatic carbocycles. The van der Waals surface area contributed by atoms with Crippen molar-refractivity contribution in [2.45, 2.75) is 24.9 Å². The lowest BCUT2D eigenvalue weighted by atomic mass is 10.3. The second-order valence-corrected chi connectivity index (χ2v) is 7.80. The van der Waals surface area contributed by atoms with Gasteiger partial charge in [-0.3, -0.25) is 4.68 Å². The maximum atomic E-state index is 12.4. The first kappa shape index (κ1) is 19.7. The monoisotopic (exact) mass is 417 g/mol. The highest BCUT2D eigenvalue weighted by molar-refractivity contribution is 7.92. The van der Waals surface area contributed by atoms with Gasteiger partial charge in [0.15, 0.2) is 5.11 Å². The molecule has 2 aromatic heterocycles. The third-order valence-corrected chi connectivity index (χ3v) is 5.27. The summed E-state index contributed by atoms with van der Waals surface area (Å²) in [6.07, 6.45) is 6.64. The molecule has 3 aromatic rings. The molecule has 0 spiro atoms. The Labute approximate surface area is 168 Å². The highest BCUT2D eigenvalue weighted by Crippen LogP contribution is 2.16. The molecule has 9 nitrogen and oxygen atoms in total. The maximum Gasteiger partial charge on any atom is 0.264 e. The zero-order valence-electron chi connectivity index (χ0n) is 15.0. The van der Waals surface area contributed by atoms with Gasteiger partial charge in [0.25, 0.3) is 10.0 Å². The Balaban J connectivity index is 1.56. The van der Waals surface area contributed by atoms with Crippen LogP contribution in [0.25, 0.3) is 0 Å². The lowest BCUT2D eigenvalue weighted by molar-refractivity contribution is 0.601. The Morgan fingerprint density at radius 2 is 1.89 bits per heavy atom. The van der Waals surface area contributed by atoms with Gasteiger partial charge in [-0.1, -0.05) is 0 Å². The smallest absolute Gasteiger partial charge is 0.264 e. The van der Waals surface area contributed by atoms with E-state index >= 15 is 0 Å². The molecule has 11 heteroatoms. The van der Waals surface area contributed by atoms with Crippen molar-refractivity contribution in [2.75, 3.05) is 10.0 Å². The number of hydrogen-bond acceptors (Lipinski definition) is 6. The van der Waals surface area contributed by atoms with E-state index in [0.29, 0.717) is 17.3 Å². The number of aromatic nitrogens is 4. The summed E-state index contributed by atoms with van der Waals surface area (Å²) < 4.78 is 28.9. The first-order chi connectivity index (χ1) is 13.5. The summed E-state index contributed by atoms with van der Waals surface area (Å²) in [7, 11) is -3.77. The molecule has 28 heavy (non-hydrogen) atoms. The molecule has 0 atom stereocenters. The van der Waals surface area contributed by atoms with Crippen molar-refractivity contribution in [1.29, 1.82) is 0 Å². The van der Waals surface area contributed by atoms with Gasteiger partial charge in [0.05, 0.1) is 11.1 Å². The highest BCUT2D eigenvalue weighted by atomic mass is 32.2. The molecular formula is C17H19N7O2S2. The fourth-order valence-electron chi connectivity index (χ4n) is 2.28.